The number of rotatable bonds is 2. The van der Waals surface area contributed by atoms with Gasteiger partial charge >= 0.3 is 6.03 Å². The summed E-state index contributed by atoms with van der Waals surface area (Å²) in [5.74, 6) is 0. The van der Waals surface area contributed by atoms with Gasteiger partial charge in [-0.2, -0.15) is 5.06 Å². The Bertz CT molecular complexity index is 315. The first kappa shape index (κ1) is 10.3. The number of primary amides is 1. The molecule has 2 amide bonds. The number of amides is 2. The van der Waals surface area contributed by atoms with E-state index in [4.69, 9.17) is 17.3 Å². The number of carbonyl (C=O) groups excluding carboxylic acids is 1. The van der Waals surface area contributed by atoms with Gasteiger partial charge in [-0.15, -0.1) is 11.3 Å². The molecule has 0 saturated heterocycles. The lowest BCUT2D eigenvalue weighted by Crippen LogP contribution is -2.34. The minimum atomic E-state index is -0.878. The van der Waals surface area contributed by atoms with E-state index in [9.17, 15) is 10.0 Å². The first-order valence-electron chi connectivity index (χ1n) is 3.55. The second-order valence-corrected chi connectivity index (χ2v) is 4.25. The van der Waals surface area contributed by atoms with Gasteiger partial charge in [0.1, 0.15) is 0 Å². The molecule has 1 heterocycles. The van der Waals surface area contributed by atoms with Gasteiger partial charge in [-0.05, 0) is 19.1 Å². The number of urea groups is 1. The summed E-state index contributed by atoms with van der Waals surface area (Å²) in [6.07, 6.45) is 0. The van der Waals surface area contributed by atoms with E-state index >= 15 is 0 Å². The van der Waals surface area contributed by atoms with Gasteiger partial charge in [0.05, 0.1) is 10.4 Å². The molecule has 0 aromatic carbocycles. The van der Waals surface area contributed by atoms with Crippen LogP contribution < -0.4 is 5.73 Å². The third kappa shape index (κ3) is 2.33. The molecule has 0 saturated carbocycles. The third-order valence-electron chi connectivity index (χ3n) is 1.60. The Hall–Kier alpha value is -0.780. The van der Waals surface area contributed by atoms with Crippen molar-refractivity contribution in [2.45, 2.75) is 13.0 Å². The van der Waals surface area contributed by atoms with Crippen LogP contribution >= 0.6 is 22.9 Å². The van der Waals surface area contributed by atoms with E-state index in [1.807, 2.05) is 0 Å². The molecule has 3 N–H and O–H groups in total. The van der Waals surface area contributed by atoms with Crippen LogP contribution in [0, 0.1) is 0 Å². The Labute approximate surface area is 84.5 Å². The molecule has 0 aliphatic rings. The Morgan fingerprint density at radius 2 is 2.38 bits per heavy atom. The van der Waals surface area contributed by atoms with Crippen LogP contribution in [0.25, 0.3) is 0 Å². The van der Waals surface area contributed by atoms with E-state index in [-0.39, 0.29) is 0 Å². The van der Waals surface area contributed by atoms with Gasteiger partial charge in [0, 0.05) is 4.88 Å². The topological polar surface area (TPSA) is 66.6 Å². The summed E-state index contributed by atoms with van der Waals surface area (Å²) in [4.78, 5) is 11.4. The average Bonchev–Trinajstić information content (AvgIpc) is 2.49. The molecule has 0 fully saturated rings. The van der Waals surface area contributed by atoms with Crippen molar-refractivity contribution in [1.82, 2.24) is 5.06 Å². The van der Waals surface area contributed by atoms with E-state index in [1.165, 1.54) is 11.3 Å². The van der Waals surface area contributed by atoms with E-state index in [0.717, 1.165) is 4.88 Å². The van der Waals surface area contributed by atoms with E-state index in [2.05, 4.69) is 0 Å². The normalized spacial score (nSPS) is 12.5. The highest BCUT2D eigenvalue weighted by molar-refractivity contribution is 7.16. The summed E-state index contributed by atoms with van der Waals surface area (Å²) in [6, 6.07) is 2.10. The fraction of sp³-hybridized carbons (Fsp3) is 0.286. The molecule has 0 bridgehead atoms. The molecule has 0 radical (unpaired) electrons. The monoisotopic (exact) mass is 220 g/mol. The maximum absolute atomic E-state index is 10.6. The van der Waals surface area contributed by atoms with Gasteiger partial charge in [0.2, 0.25) is 0 Å². The second-order valence-electron chi connectivity index (χ2n) is 2.50. The first-order valence-corrected chi connectivity index (χ1v) is 4.74. The van der Waals surface area contributed by atoms with Crippen molar-refractivity contribution in [2.24, 2.45) is 5.73 Å². The SMILES string of the molecule is CC(c1ccc(Cl)s1)N(O)C(N)=O. The smallest absolute Gasteiger partial charge is 0.339 e. The standard InChI is InChI=1S/C7H9ClN2O2S/c1-4(10(12)7(9)11)5-2-3-6(8)13-5/h2-4,12H,1H3,(H2,9,11). The molecule has 1 unspecified atom stereocenters. The summed E-state index contributed by atoms with van der Waals surface area (Å²) in [5, 5.41) is 9.65. The summed E-state index contributed by atoms with van der Waals surface area (Å²) >= 11 is 6.99. The number of hydroxylamine groups is 2. The predicted octanol–water partition coefficient (Wildman–Crippen LogP) is 2.23. The van der Waals surface area contributed by atoms with Crippen LogP contribution in [0.5, 0.6) is 0 Å². The number of nitrogens with zero attached hydrogens (tertiary/aromatic N) is 1. The molecular weight excluding hydrogens is 212 g/mol. The maximum atomic E-state index is 10.6. The molecule has 0 spiro atoms. The van der Waals surface area contributed by atoms with E-state index in [0.29, 0.717) is 9.40 Å². The Kier molecular flexibility index (Phi) is 3.13. The highest BCUT2D eigenvalue weighted by Crippen LogP contribution is 2.29. The predicted molar refractivity (Wildman–Crippen MR) is 51.0 cm³/mol. The van der Waals surface area contributed by atoms with E-state index < -0.39 is 12.1 Å². The Morgan fingerprint density at radius 1 is 1.77 bits per heavy atom. The zero-order valence-electron chi connectivity index (χ0n) is 6.90. The van der Waals surface area contributed by atoms with Crippen molar-refractivity contribution in [3.05, 3.63) is 21.3 Å². The lowest BCUT2D eigenvalue weighted by atomic mass is 10.3. The van der Waals surface area contributed by atoms with E-state index in [1.54, 1.807) is 19.1 Å². The van der Waals surface area contributed by atoms with Gasteiger partial charge in [0.15, 0.2) is 0 Å². The van der Waals surface area contributed by atoms with Crippen molar-refractivity contribution in [1.29, 1.82) is 0 Å². The van der Waals surface area contributed by atoms with Crippen molar-refractivity contribution in [2.75, 3.05) is 0 Å². The van der Waals surface area contributed by atoms with Crippen LogP contribution in [-0.4, -0.2) is 16.3 Å². The summed E-state index contributed by atoms with van der Waals surface area (Å²) in [6.45, 7) is 1.66. The molecule has 13 heavy (non-hydrogen) atoms. The van der Waals surface area contributed by atoms with Crippen LogP contribution in [0.2, 0.25) is 4.34 Å². The highest BCUT2D eigenvalue weighted by Gasteiger charge is 2.18. The summed E-state index contributed by atoms with van der Waals surface area (Å²) in [5.41, 5.74) is 4.89. The largest absolute Gasteiger partial charge is 0.350 e. The highest BCUT2D eigenvalue weighted by atomic mass is 35.5. The molecule has 1 rings (SSSR count). The molecular formula is C7H9ClN2O2S. The molecule has 6 heteroatoms. The number of nitrogens with two attached hydrogens (primary N) is 1. The minimum absolute atomic E-state index is 0.463. The fourth-order valence-corrected chi connectivity index (χ4v) is 1.96. The summed E-state index contributed by atoms with van der Waals surface area (Å²) < 4.78 is 0.611. The summed E-state index contributed by atoms with van der Waals surface area (Å²) in [7, 11) is 0. The zero-order chi connectivity index (χ0) is 10.0. The molecule has 1 atom stereocenters. The molecule has 0 aliphatic heterocycles. The van der Waals surface area contributed by atoms with Gasteiger partial charge < -0.3 is 5.73 Å². The molecule has 1 aromatic heterocycles. The number of halogens is 1. The molecule has 0 aliphatic carbocycles. The van der Waals surface area contributed by atoms with Crippen LogP contribution in [0.4, 0.5) is 4.79 Å². The average molecular weight is 221 g/mol. The van der Waals surface area contributed by atoms with Crippen LogP contribution in [0.3, 0.4) is 0 Å². The van der Waals surface area contributed by atoms with Crippen LogP contribution in [0.1, 0.15) is 17.8 Å². The first-order chi connectivity index (χ1) is 6.02. The van der Waals surface area contributed by atoms with Gasteiger partial charge in [-0.25, -0.2) is 4.79 Å². The van der Waals surface area contributed by atoms with Crippen molar-refractivity contribution < 1.29 is 10.0 Å². The van der Waals surface area contributed by atoms with Crippen LogP contribution in [-0.2, 0) is 0 Å². The lowest BCUT2D eigenvalue weighted by molar-refractivity contribution is -0.0700. The number of hydrogen-bond acceptors (Lipinski definition) is 3. The molecule has 4 nitrogen and oxygen atoms in total. The fourth-order valence-electron chi connectivity index (χ4n) is 0.864. The van der Waals surface area contributed by atoms with Gasteiger partial charge in [-0.3, -0.25) is 5.21 Å². The van der Waals surface area contributed by atoms with Crippen molar-refractivity contribution in [3.8, 4) is 0 Å². The van der Waals surface area contributed by atoms with Gasteiger partial charge in [-0.1, -0.05) is 11.6 Å². The Morgan fingerprint density at radius 3 is 2.77 bits per heavy atom. The minimum Gasteiger partial charge on any atom is -0.350 e. The van der Waals surface area contributed by atoms with Crippen LogP contribution in [0.15, 0.2) is 12.1 Å². The number of thiophene rings is 1. The quantitative estimate of drug-likeness (QED) is 0.593. The van der Waals surface area contributed by atoms with Gasteiger partial charge in [0.25, 0.3) is 0 Å². The van der Waals surface area contributed by atoms with Crippen molar-refractivity contribution >= 4 is 29.0 Å². The number of hydrogen-bond donors (Lipinski definition) is 2. The molecule has 72 valence electrons. The molecule has 1 aromatic rings. The number of carbonyl (C=O) groups is 1. The Balaban J connectivity index is 2.78. The maximum Gasteiger partial charge on any atom is 0.339 e. The zero-order valence-corrected chi connectivity index (χ0v) is 8.47. The third-order valence-corrected chi connectivity index (χ3v) is 3.00. The second kappa shape index (κ2) is 3.95. The lowest BCUT2D eigenvalue weighted by Gasteiger charge is -2.18. The van der Waals surface area contributed by atoms with Crippen molar-refractivity contribution in [3.63, 3.8) is 0 Å².